The molecule has 0 radical (unpaired) electrons. The van der Waals surface area contributed by atoms with Crippen LogP contribution in [0.4, 0.5) is 0 Å². The summed E-state index contributed by atoms with van der Waals surface area (Å²) >= 11 is 5.88. The largest absolute Gasteiger partial charge is 0.484 e. The molecule has 0 N–H and O–H groups in total. The highest BCUT2D eigenvalue weighted by Gasteiger charge is 2.35. The highest BCUT2D eigenvalue weighted by Crippen LogP contribution is 2.37. The van der Waals surface area contributed by atoms with Crippen LogP contribution in [-0.2, 0) is 16.1 Å². The number of aromatic nitrogens is 3. The Morgan fingerprint density at radius 2 is 2.00 bits per heavy atom. The first-order valence-corrected chi connectivity index (χ1v) is 10.8. The number of nitrogens with zero attached hydrogens (tertiary/aromatic N) is 4. The summed E-state index contributed by atoms with van der Waals surface area (Å²) in [5.41, 5.74) is -0.0703. The van der Waals surface area contributed by atoms with Crippen molar-refractivity contribution in [3.8, 4) is 5.75 Å². The average molecular weight is 435 g/mol. The molecule has 1 atom stereocenters. The summed E-state index contributed by atoms with van der Waals surface area (Å²) in [4.78, 5) is 27.4. The topological polar surface area (TPSA) is 78.6 Å². The zero-order chi connectivity index (χ0) is 21.1. The Labute approximate surface area is 180 Å². The number of carbonyl (C=O) groups excluding carboxylic acids is 1. The molecule has 1 saturated heterocycles. The van der Waals surface area contributed by atoms with Crippen molar-refractivity contribution >= 4 is 17.5 Å². The summed E-state index contributed by atoms with van der Waals surface area (Å²) in [6, 6.07) is 7.19. The first kappa shape index (κ1) is 20.9. The van der Waals surface area contributed by atoms with Crippen LogP contribution in [0.25, 0.3) is 0 Å². The highest BCUT2D eigenvalue weighted by molar-refractivity contribution is 6.30. The monoisotopic (exact) mass is 434 g/mol. The number of carbonyl (C=O) groups is 1. The van der Waals surface area contributed by atoms with Gasteiger partial charge in [-0.1, -0.05) is 11.6 Å². The summed E-state index contributed by atoms with van der Waals surface area (Å²) in [7, 11) is 1.61. The van der Waals surface area contributed by atoms with E-state index in [2.05, 4.69) is 5.10 Å². The smallest absolute Gasteiger partial charge is 0.346 e. The van der Waals surface area contributed by atoms with Crippen LogP contribution in [0, 0.1) is 0 Å². The van der Waals surface area contributed by atoms with E-state index in [0.717, 1.165) is 31.5 Å². The molecule has 1 unspecified atom stereocenters. The van der Waals surface area contributed by atoms with Crippen molar-refractivity contribution < 1.29 is 14.3 Å². The maximum Gasteiger partial charge on any atom is 0.346 e. The predicted molar refractivity (Wildman–Crippen MR) is 112 cm³/mol. The van der Waals surface area contributed by atoms with Crippen molar-refractivity contribution in [3.05, 3.63) is 45.6 Å². The average Bonchev–Trinajstić information content (AvgIpc) is 3.55. The summed E-state index contributed by atoms with van der Waals surface area (Å²) in [6.45, 7) is 2.10. The van der Waals surface area contributed by atoms with Crippen LogP contribution in [0.5, 0.6) is 5.75 Å². The quantitative estimate of drug-likeness (QED) is 0.637. The van der Waals surface area contributed by atoms with Crippen molar-refractivity contribution in [2.24, 2.45) is 0 Å². The number of methoxy groups -OCH3 is 1. The lowest BCUT2D eigenvalue weighted by atomic mass is 9.97. The minimum atomic E-state index is -0.0703. The molecule has 1 amide bonds. The van der Waals surface area contributed by atoms with Gasteiger partial charge in [0.25, 0.3) is 5.91 Å². The number of benzene rings is 1. The van der Waals surface area contributed by atoms with E-state index in [1.165, 1.54) is 4.68 Å². The van der Waals surface area contributed by atoms with Gasteiger partial charge in [-0.25, -0.2) is 9.48 Å². The van der Waals surface area contributed by atoms with E-state index in [1.54, 1.807) is 31.4 Å². The second-order valence-electron chi connectivity index (χ2n) is 7.88. The number of piperidine rings is 1. The van der Waals surface area contributed by atoms with Crippen molar-refractivity contribution in [2.45, 2.75) is 44.2 Å². The molecule has 2 heterocycles. The molecule has 8 nitrogen and oxygen atoms in total. The molecule has 30 heavy (non-hydrogen) atoms. The van der Waals surface area contributed by atoms with E-state index in [4.69, 9.17) is 21.1 Å². The molecule has 0 bridgehead atoms. The Hall–Kier alpha value is -2.32. The van der Waals surface area contributed by atoms with E-state index in [9.17, 15) is 9.59 Å². The van der Waals surface area contributed by atoms with Crippen LogP contribution in [0.1, 0.15) is 43.5 Å². The Morgan fingerprint density at radius 1 is 1.23 bits per heavy atom. The van der Waals surface area contributed by atoms with Gasteiger partial charge in [0.15, 0.2) is 6.61 Å². The van der Waals surface area contributed by atoms with E-state index in [0.29, 0.717) is 37.0 Å². The van der Waals surface area contributed by atoms with Crippen LogP contribution in [-0.4, -0.2) is 58.6 Å². The Bertz CT molecular complexity index is 935. The highest BCUT2D eigenvalue weighted by atomic mass is 35.5. The van der Waals surface area contributed by atoms with Crippen LogP contribution in [0.2, 0.25) is 5.02 Å². The molecular formula is C21H27ClN4O4. The summed E-state index contributed by atoms with van der Waals surface area (Å²) in [6.07, 6.45) is 3.80. The zero-order valence-corrected chi connectivity index (χ0v) is 17.9. The fourth-order valence-electron chi connectivity index (χ4n) is 3.90. The first-order chi connectivity index (χ1) is 14.6. The zero-order valence-electron chi connectivity index (χ0n) is 17.1. The lowest BCUT2D eigenvalue weighted by Crippen LogP contribution is -2.42. The molecule has 1 aliphatic heterocycles. The van der Waals surface area contributed by atoms with Gasteiger partial charge in [-0.05, 0) is 49.9 Å². The third-order valence-corrected chi connectivity index (χ3v) is 5.88. The van der Waals surface area contributed by atoms with Gasteiger partial charge in [-0.3, -0.25) is 9.36 Å². The molecule has 1 aromatic carbocycles. The second-order valence-corrected chi connectivity index (χ2v) is 8.32. The molecule has 1 aromatic heterocycles. The van der Waals surface area contributed by atoms with Gasteiger partial charge < -0.3 is 14.4 Å². The third kappa shape index (κ3) is 4.70. The number of likely N-dealkylation sites (tertiary alicyclic amines) is 1. The standard InChI is InChI=1S/C21H27ClN4O4/c1-29-12-11-25-21(28)26(17-6-7-17)20(23-25)15-3-2-10-24(13-15)19(27)14-30-18-8-4-16(22)5-9-18/h4-5,8-9,15,17H,2-3,6-7,10-14H2,1H3. The molecule has 162 valence electrons. The molecule has 2 fully saturated rings. The second kappa shape index (κ2) is 9.22. The van der Waals surface area contributed by atoms with Gasteiger partial charge in [0.1, 0.15) is 11.6 Å². The van der Waals surface area contributed by atoms with Gasteiger partial charge >= 0.3 is 5.69 Å². The fraction of sp³-hybridized carbons (Fsp3) is 0.571. The van der Waals surface area contributed by atoms with Gasteiger partial charge in [0, 0.05) is 37.2 Å². The number of rotatable bonds is 8. The third-order valence-electron chi connectivity index (χ3n) is 5.63. The van der Waals surface area contributed by atoms with Gasteiger partial charge in [-0.15, -0.1) is 0 Å². The molecule has 2 aliphatic rings. The fourth-order valence-corrected chi connectivity index (χ4v) is 4.02. The summed E-state index contributed by atoms with van der Waals surface area (Å²) in [5, 5.41) is 5.26. The van der Waals surface area contributed by atoms with E-state index >= 15 is 0 Å². The molecule has 1 aliphatic carbocycles. The van der Waals surface area contributed by atoms with Gasteiger partial charge in [0.2, 0.25) is 0 Å². The van der Waals surface area contributed by atoms with Gasteiger partial charge in [-0.2, -0.15) is 5.10 Å². The van der Waals surface area contributed by atoms with Crippen LogP contribution < -0.4 is 10.4 Å². The number of hydrogen-bond donors (Lipinski definition) is 0. The van der Waals surface area contributed by atoms with Crippen LogP contribution in [0.3, 0.4) is 0 Å². The molecule has 1 saturated carbocycles. The summed E-state index contributed by atoms with van der Waals surface area (Å²) < 4.78 is 14.1. The van der Waals surface area contributed by atoms with Gasteiger partial charge in [0.05, 0.1) is 13.2 Å². The Balaban J connectivity index is 1.44. The molecular weight excluding hydrogens is 408 g/mol. The number of ether oxygens (including phenoxy) is 2. The molecule has 0 spiro atoms. The Kier molecular flexibility index (Phi) is 6.43. The predicted octanol–water partition coefficient (Wildman–Crippen LogP) is 2.46. The van der Waals surface area contributed by atoms with Crippen LogP contribution in [0.15, 0.2) is 29.1 Å². The maximum atomic E-state index is 12.8. The van der Waals surface area contributed by atoms with Crippen molar-refractivity contribution in [1.82, 2.24) is 19.2 Å². The van der Waals surface area contributed by atoms with Crippen molar-refractivity contribution in [1.29, 1.82) is 0 Å². The SMILES string of the molecule is COCCn1nc(C2CCCN(C(=O)COc3ccc(Cl)cc3)C2)n(C2CC2)c1=O. The number of halogens is 1. The number of amides is 1. The van der Waals surface area contributed by atoms with E-state index in [-0.39, 0.29) is 30.2 Å². The Morgan fingerprint density at radius 3 is 2.70 bits per heavy atom. The number of hydrogen-bond acceptors (Lipinski definition) is 5. The van der Waals surface area contributed by atoms with Crippen LogP contribution >= 0.6 is 11.6 Å². The summed E-state index contributed by atoms with van der Waals surface area (Å²) in [5.74, 6) is 1.40. The normalized spacial score (nSPS) is 19.1. The first-order valence-electron chi connectivity index (χ1n) is 10.4. The van der Waals surface area contributed by atoms with Crippen molar-refractivity contribution in [2.75, 3.05) is 33.4 Å². The molecule has 9 heteroatoms. The minimum absolute atomic E-state index is 0.0218. The maximum absolute atomic E-state index is 12.8. The molecule has 4 rings (SSSR count). The molecule has 2 aromatic rings. The minimum Gasteiger partial charge on any atom is -0.484 e. The van der Waals surface area contributed by atoms with E-state index in [1.807, 2.05) is 9.47 Å². The lowest BCUT2D eigenvalue weighted by Gasteiger charge is -2.32. The lowest BCUT2D eigenvalue weighted by molar-refractivity contribution is -0.134. The van der Waals surface area contributed by atoms with Crippen molar-refractivity contribution in [3.63, 3.8) is 0 Å². The van der Waals surface area contributed by atoms with E-state index < -0.39 is 0 Å².